The van der Waals surface area contributed by atoms with Crippen LogP contribution in [0.1, 0.15) is 57.3 Å². The number of aliphatic hydroxyl groups is 3. The Labute approximate surface area is 302 Å². The molecular weight excluding hydrogens is 776 g/mol. The van der Waals surface area contributed by atoms with E-state index in [1.807, 2.05) is 20.8 Å². The number of morpholine rings is 1. The molecule has 2 amide bonds. The highest BCUT2D eigenvalue weighted by Crippen LogP contribution is 2.38. The summed E-state index contributed by atoms with van der Waals surface area (Å²) in [5.41, 5.74) is -2.51. The van der Waals surface area contributed by atoms with Crippen LogP contribution in [0.25, 0.3) is 0 Å². The van der Waals surface area contributed by atoms with Crippen LogP contribution in [-0.2, 0) is 23.8 Å². The van der Waals surface area contributed by atoms with Crippen LogP contribution in [-0.4, -0.2) is 153 Å². The van der Waals surface area contributed by atoms with Crippen molar-refractivity contribution in [2.75, 3.05) is 52.7 Å². The maximum atomic E-state index is 12.9. The van der Waals surface area contributed by atoms with Crippen LogP contribution < -0.4 is 10.6 Å². The molecule has 1 aromatic rings. The summed E-state index contributed by atoms with van der Waals surface area (Å²) in [4.78, 5) is 42.2. The maximum Gasteiger partial charge on any atom is 0.336 e. The van der Waals surface area contributed by atoms with Gasteiger partial charge in [0.2, 0.25) is 5.91 Å². The molecule has 7 N–H and O–H groups in total. The Morgan fingerprint density at radius 2 is 1.84 bits per heavy atom. The number of aliphatic carboxylic acids is 1. The third-order valence-corrected chi connectivity index (χ3v) is 10.5. The lowest BCUT2D eigenvalue weighted by molar-refractivity contribution is -0.231. The molecular formula is C32H48Br2N4O11. The number of carbonyl (C=O) groups is 3. The molecule has 0 saturated carbocycles. The van der Waals surface area contributed by atoms with E-state index in [2.05, 4.69) is 52.3 Å². The van der Waals surface area contributed by atoms with E-state index < -0.39 is 60.4 Å². The number of aromatic hydroxyl groups is 1. The highest BCUT2D eigenvalue weighted by molar-refractivity contribution is 9.11. The lowest BCUT2D eigenvalue weighted by Gasteiger charge is -2.49. The van der Waals surface area contributed by atoms with Gasteiger partial charge in [0.25, 0.3) is 5.91 Å². The molecule has 0 aliphatic carbocycles. The van der Waals surface area contributed by atoms with E-state index in [1.54, 1.807) is 0 Å². The van der Waals surface area contributed by atoms with Gasteiger partial charge in [-0.15, -0.1) is 0 Å². The van der Waals surface area contributed by atoms with Gasteiger partial charge in [0, 0.05) is 58.1 Å². The Hall–Kier alpha value is -1.93. The van der Waals surface area contributed by atoms with Crippen molar-refractivity contribution in [2.45, 2.75) is 94.2 Å². The number of nitrogens with one attached hydrogen (secondary N) is 2. The topological polar surface area (TPSA) is 211 Å². The Morgan fingerprint density at radius 1 is 1.16 bits per heavy atom. The molecule has 49 heavy (non-hydrogen) atoms. The third kappa shape index (κ3) is 9.69. The number of carboxylic acid groups (broad SMARTS) is 1. The molecule has 0 radical (unpaired) electrons. The van der Waals surface area contributed by atoms with Crippen molar-refractivity contribution in [2.24, 2.45) is 0 Å². The summed E-state index contributed by atoms with van der Waals surface area (Å²) >= 11 is 6.31. The van der Waals surface area contributed by atoms with Gasteiger partial charge in [-0.25, -0.2) is 4.79 Å². The monoisotopic (exact) mass is 822 g/mol. The first-order valence-electron chi connectivity index (χ1n) is 16.2. The minimum absolute atomic E-state index is 0.0624. The number of likely N-dealkylation sites (tertiary alicyclic amines) is 1. The van der Waals surface area contributed by atoms with Gasteiger partial charge >= 0.3 is 5.97 Å². The Balaban J connectivity index is 1.49. The van der Waals surface area contributed by atoms with Gasteiger partial charge in [0.15, 0.2) is 5.60 Å². The van der Waals surface area contributed by atoms with Gasteiger partial charge in [-0.1, -0.05) is 0 Å². The quantitative estimate of drug-likeness (QED) is 0.156. The molecule has 0 aromatic heterocycles. The summed E-state index contributed by atoms with van der Waals surface area (Å²) in [6.45, 7) is 10.3. The minimum Gasteiger partial charge on any atom is -0.506 e. The second kappa shape index (κ2) is 16.2. The number of halogens is 2. The summed E-state index contributed by atoms with van der Waals surface area (Å²) in [5, 5.41) is 59.0. The summed E-state index contributed by atoms with van der Waals surface area (Å²) in [7, 11) is 0. The van der Waals surface area contributed by atoms with Crippen LogP contribution in [0.2, 0.25) is 0 Å². The summed E-state index contributed by atoms with van der Waals surface area (Å²) < 4.78 is 18.5. The van der Waals surface area contributed by atoms with Crippen molar-refractivity contribution in [3.8, 4) is 5.75 Å². The number of phenolic OH excluding ortho intramolecular Hbond substituents is 1. The highest BCUT2D eigenvalue weighted by Gasteiger charge is 2.55. The first-order chi connectivity index (χ1) is 22.9. The average molecular weight is 825 g/mol. The Bertz CT molecular complexity index is 1340. The molecule has 15 nitrogen and oxygen atoms in total. The lowest BCUT2D eigenvalue weighted by atomic mass is 9.81. The van der Waals surface area contributed by atoms with Crippen LogP contribution in [0.3, 0.4) is 0 Å². The fourth-order valence-corrected chi connectivity index (χ4v) is 7.83. The van der Waals surface area contributed by atoms with Gasteiger partial charge < -0.3 is 50.4 Å². The van der Waals surface area contributed by atoms with Crippen molar-refractivity contribution in [1.29, 1.82) is 0 Å². The number of aliphatic hydroxyl groups excluding tert-OH is 3. The number of hydrogen-bond donors (Lipinski definition) is 7. The van der Waals surface area contributed by atoms with Crippen molar-refractivity contribution in [3.63, 3.8) is 0 Å². The van der Waals surface area contributed by atoms with Gasteiger partial charge in [-0.2, -0.15) is 0 Å². The normalized spacial score (nSPS) is 29.4. The molecule has 17 heteroatoms. The van der Waals surface area contributed by atoms with Gasteiger partial charge in [0.05, 0.1) is 58.3 Å². The molecule has 3 aliphatic rings. The second-order valence-electron chi connectivity index (χ2n) is 14.1. The van der Waals surface area contributed by atoms with Crippen molar-refractivity contribution in [1.82, 2.24) is 20.4 Å². The predicted molar refractivity (Wildman–Crippen MR) is 183 cm³/mol. The van der Waals surface area contributed by atoms with E-state index in [4.69, 9.17) is 14.2 Å². The molecule has 0 unspecified atom stereocenters. The molecule has 0 bridgehead atoms. The Morgan fingerprint density at radius 3 is 2.45 bits per heavy atom. The van der Waals surface area contributed by atoms with Crippen molar-refractivity contribution in [3.05, 3.63) is 26.6 Å². The van der Waals surface area contributed by atoms with Crippen LogP contribution in [0.5, 0.6) is 5.75 Å². The molecule has 3 aliphatic heterocycles. The number of rotatable bonds is 12. The highest BCUT2D eigenvalue weighted by atomic mass is 79.9. The largest absolute Gasteiger partial charge is 0.506 e. The second-order valence-corrected chi connectivity index (χ2v) is 15.8. The van der Waals surface area contributed by atoms with E-state index in [0.29, 0.717) is 33.0 Å². The maximum absolute atomic E-state index is 12.9. The molecule has 3 saturated heterocycles. The number of amides is 2. The number of phenols is 1. The van der Waals surface area contributed by atoms with Crippen molar-refractivity contribution >= 4 is 49.6 Å². The number of carboxylic acids is 1. The zero-order valence-corrected chi connectivity index (χ0v) is 31.3. The third-order valence-electron chi connectivity index (χ3n) is 9.33. The van der Waals surface area contributed by atoms with Crippen LogP contribution >= 0.6 is 31.9 Å². The lowest BCUT2D eigenvalue weighted by Crippen LogP contribution is -2.68. The van der Waals surface area contributed by atoms with Crippen molar-refractivity contribution < 1.29 is 54.1 Å². The van der Waals surface area contributed by atoms with E-state index in [9.17, 15) is 39.9 Å². The van der Waals surface area contributed by atoms with Crippen LogP contribution in [0.4, 0.5) is 0 Å². The SMILES string of the molecule is CC(=O)N[C@H]1[C@H]([C@H](O)[C@H](O)CNC(=O)c2cc(Br)c(O)c(Br)c2)O[C@@](CCN2CCOC[C@@]23CCN(COC(C)(C)C)C3)(C(=O)O)C[C@@H]1O. The zero-order chi connectivity index (χ0) is 36.3. The summed E-state index contributed by atoms with van der Waals surface area (Å²) in [6, 6.07) is 1.48. The Kier molecular flexibility index (Phi) is 13.2. The zero-order valence-electron chi connectivity index (χ0n) is 28.2. The molecule has 1 aromatic carbocycles. The molecule has 4 rings (SSSR count). The van der Waals surface area contributed by atoms with E-state index in [0.717, 1.165) is 13.0 Å². The van der Waals surface area contributed by atoms with Gasteiger partial charge in [-0.05, 0) is 71.2 Å². The average Bonchev–Trinajstić information content (AvgIpc) is 3.43. The summed E-state index contributed by atoms with van der Waals surface area (Å²) in [6.07, 6.45) is -6.17. The van der Waals surface area contributed by atoms with Gasteiger partial charge in [0.1, 0.15) is 18.0 Å². The molecule has 1 spiro atoms. The molecule has 276 valence electrons. The smallest absolute Gasteiger partial charge is 0.336 e. The van der Waals surface area contributed by atoms with E-state index in [-0.39, 0.29) is 50.8 Å². The fourth-order valence-electron chi connectivity index (χ4n) is 6.64. The minimum atomic E-state index is -1.97. The molecule has 3 fully saturated rings. The number of hydrogen-bond acceptors (Lipinski definition) is 12. The predicted octanol–water partition coefficient (Wildman–Crippen LogP) is 0.786. The van der Waals surface area contributed by atoms with Gasteiger partial charge in [-0.3, -0.25) is 19.4 Å². The first kappa shape index (κ1) is 39.8. The van der Waals surface area contributed by atoms with E-state index in [1.165, 1.54) is 19.1 Å². The first-order valence-corrected chi connectivity index (χ1v) is 17.8. The van der Waals surface area contributed by atoms with Crippen LogP contribution in [0, 0.1) is 0 Å². The fraction of sp³-hybridized carbons (Fsp3) is 0.719. The van der Waals surface area contributed by atoms with E-state index >= 15 is 0 Å². The number of benzene rings is 1. The molecule has 3 heterocycles. The number of ether oxygens (including phenoxy) is 3. The summed E-state index contributed by atoms with van der Waals surface area (Å²) in [5.74, 6) is -2.66. The molecule has 7 atom stereocenters. The standard InChI is InChI=1S/C32H48Br2N4O11/c1-18(39)36-24-22(40)13-32(29(45)46,6-8-38-9-10-47-16-31(38)5-7-37(15-31)17-48-30(2,3)4)49-27(24)26(43)23(41)14-35-28(44)19-11-20(33)25(42)21(34)12-19/h11-12,22-24,26-27,40-43H,5-10,13-17H2,1-4H3,(H,35,44)(H,36,39)(H,45,46)/t22-,23+,24+,26+,27+,31-,32+/m0/s1. The van der Waals surface area contributed by atoms with Crippen LogP contribution in [0.15, 0.2) is 21.1 Å². The number of carbonyl (C=O) groups excluding carboxylic acids is 2. The number of nitrogens with zero attached hydrogens (tertiary/aromatic N) is 2.